The van der Waals surface area contributed by atoms with Crippen molar-refractivity contribution in [2.45, 2.75) is 44.8 Å². The van der Waals surface area contributed by atoms with Crippen LogP contribution in [-0.4, -0.2) is 81.3 Å². The van der Waals surface area contributed by atoms with Crippen molar-refractivity contribution in [3.8, 4) is 0 Å². The molecule has 0 amide bonds. The monoisotopic (exact) mass is 535 g/mol. The van der Waals surface area contributed by atoms with Crippen LogP contribution in [0.4, 0.5) is 0 Å². The van der Waals surface area contributed by atoms with Crippen LogP contribution in [0.1, 0.15) is 37.6 Å². The van der Waals surface area contributed by atoms with Gasteiger partial charge in [0, 0.05) is 49.7 Å². The number of nitrogens with zero attached hydrogens (tertiary/aromatic N) is 3. The lowest BCUT2D eigenvalue weighted by molar-refractivity contribution is -0.0174. The summed E-state index contributed by atoms with van der Waals surface area (Å²) < 4.78 is 5.56. The molecule has 1 aromatic heterocycles. The second-order valence-electron chi connectivity index (χ2n) is 8.19. The first-order chi connectivity index (χ1) is 13.6. The molecule has 2 N–H and O–H groups in total. The number of hydrogen-bond donors (Lipinski definition) is 2. The summed E-state index contributed by atoms with van der Waals surface area (Å²) in [6.07, 6.45) is 2.53. The van der Waals surface area contributed by atoms with Crippen molar-refractivity contribution >= 4 is 41.3 Å². The molecule has 0 aliphatic carbocycles. The molecule has 2 fully saturated rings. The molecular weight excluding hydrogens is 497 g/mol. The second-order valence-corrected chi connectivity index (χ2v) is 9.17. The molecule has 2 saturated heterocycles. The van der Waals surface area contributed by atoms with Crippen LogP contribution in [0.2, 0.25) is 0 Å². The van der Waals surface area contributed by atoms with Crippen LogP contribution in [-0.2, 0) is 4.74 Å². The zero-order valence-corrected chi connectivity index (χ0v) is 21.4. The number of likely N-dealkylation sites (tertiary alicyclic amines) is 1. The third-order valence-electron chi connectivity index (χ3n) is 6.15. The predicted octanol–water partition coefficient (Wildman–Crippen LogP) is 3.02. The number of halogens is 1. The van der Waals surface area contributed by atoms with Crippen LogP contribution >= 0.6 is 35.3 Å². The zero-order valence-electron chi connectivity index (χ0n) is 18.3. The summed E-state index contributed by atoms with van der Waals surface area (Å²) in [6, 6.07) is 5.89. The van der Waals surface area contributed by atoms with Gasteiger partial charge in [-0.2, -0.15) is 0 Å². The fourth-order valence-electron chi connectivity index (χ4n) is 4.59. The van der Waals surface area contributed by atoms with E-state index in [1.54, 1.807) is 0 Å². The Morgan fingerprint density at radius 1 is 1.38 bits per heavy atom. The SMILES string of the molecule is CN=C(NCC1CCCN(C)C1c1cccs1)NCC(C)N1CCOCC1C.I. The molecule has 2 aliphatic rings. The van der Waals surface area contributed by atoms with Gasteiger partial charge < -0.3 is 15.4 Å². The minimum Gasteiger partial charge on any atom is -0.379 e. The number of piperidine rings is 1. The highest BCUT2D eigenvalue weighted by Gasteiger charge is 2.31. The predicted molar refractivity (Wildman–Crippen MR) is 134 cm³/mol. The van der Waals surface area contributed by atoms with E-state index < -0.39 is 0 Å². The lowest BCUT2D eigenvalue weighted by atomic mass is 9.88. The molecule has 4 atom stereocenters. The molecule has 29 heavy (non-hydrogen) atoms. The van der Waals surface area contributed by atoms with Gasteiger partial charge in [-0.05, 0) is 57.6 Å². The number of nitrogens with one attached hydrogen (secondary N) is 2. The minimum atomic E-state index is 0. The van der Waals surface area contributed by atoms with Crippen molar-refractivity contribution in [1.82, 2.24) is 20.4 Å². The van der Waals surface area contributed by atoms with E-state index in [2.05, 4.69) is 63.8 Å². The number of morpholine rings is 1. The smallest absolute Gasteiger partial charge is 0.191 e. The van der Waals surface area contributed by atoms with Crippen molar-refractivity contribution in [1.29, 1.82) is 0 Å². The van der Waals surface area contributed by atoms with Gasteiger partial charge in [-0.25, -0.2) is 0 Å². The summed E-state index contributed by atoms with van der Waals surface area (Å²) >= 11 is 1.88. The Labute approximate surface area is 197 Å². The number of rotatable bonds is 6. The van der Waals surface area contributed by atoms with Crippen LogP contribution in [0.15, 0.2) is 22.5 Å². The maximum atomic E-state index is 5.56. The molecule has 8 heteroatoms. The molecule has 0 aromatic carbocycles. The van der Waals surface area contributed by atoms with Gasteiger partial charge in [0.1, 0.15) is 0 Å². The lowest BCUT2D eigenvalue weighted by Gasteiger charge is -2.39. The highest BCUT2D eigenvalue weighted by atomic mass is 127. The van der Waals surface area contributed by atoms with E-state index in [-0.39, 0.29) is 24.0 Å². The van der Waals surface area contributed by atoms with Crippen molar-refractivity contribution < 1.29 is 4.74 Å². The van der Waals surface area contributed by atoms with Crippen molar-refractivity contribution in [3.63, 3.8) is 0 Å². The lowest BCUT2D eigenvalue weighted by Crippen LogP contribution is -2.53. The Morgan fingerprint density at radius 3 is 2.90 bits per heavy atom. The topological polar surface area (TPSA) is 52.1 Å². The van der Waals surface area contributed by atoms with Crippen molar-refractivity contribution in [2.24, 2.45) is 10.9 Å². The molecule has 0 saturated carbocycles. The van der Waals surface area contributed by atoms with Crippen LogP contribution in [0.5, 0.6) is 0 Å². The Morgan fingerprint density at radius 2 is 2.21 bits per heavy atom. The van der Waals surface area contributed by atoms with Gasteiger partial charge in [0.15, 0.2) is 5.96 Å². The fourth-order valence-corrected chi connectivity index (χ4v) is 5.57. The molecule has 6 nitrogen and oxygen atoms in total. The number of thiophene rings is 1. The van der Waals surface area contributed by atoms with Gasteiger partial charge in [0.2, 0.25) is 0 Å². The van der Waals surface area contributed by atoms with E-state index in [1.807, 2.05) is 18.4 Å². The standard InChI is InChI=1S/C21H37N5OS.HI/c1-16(26-10-11-27-15-17(26)2)13-23-21(22-3)24-14-18-7-5-9-25(4)20(18)19-8-6-12-28-19;/h6,8,12,16-18,20H,5,7,9-11,13-15H2,1-4H3,(H2,22,23,24);1H. The van der Waals surface area contributed by atoms with Gasteiger partial charge in [-0.15, -0.1) is 35.3 Å². The highest BCUT2D eigenvalue weighted by Crippen LogP contribution is 2.36. The molecule has 0 spiro atoms. The molecule has 3 rings (SSSR count). The summed E-state index contributed by atoms with van der Waals surface area (Å²) in [5.74, 6) is 1.51. The molecular formula is C21H38IN5OS. The molecule has 4 unspecified atom stereocenters. The number of ether oxygens (including phenoxy) is 1. The molecule has 0 bridgehead atoms. The van der Waals surface area contributed by atoms with Gasteiger partial charge >= 0.3 is 0 Å². The average molecular weight is 536 g/mol. The van der Waals surface area contributed by atoms with E-state index in [1.165, 1.54) is 24.3 Å². The zero-order chi connectivity index (χ0) is 19.9. The summed E-state index contributed by atoms with van der Waals surface area (Å²) in [7, 11) is 4.12. The minimum absolute atomic E-state index is 0. The summed E-state index contributed by atoms with van der Waals surface area (Å²) in [5.41, 5.74) is 0. The van der Waals surface area contributed by atoms with Crippen LogP contribution in [0.25, 0.3) is 0 Å². The normalized spacial score (nSPS) is 27.9. The Balaban J connectivity index is 0.00000300. The first kappa shape index (κ1) is 24.8. The summed E-state index contributed by atoms with van der Waals surface area (Å²) in [6.45, 7) is 10.2. The fraction of sp³-hybridized carbons (Fsp3) is 0.762. The van der Waals surface area contributed by atoms with E-state index in [0.29, 0.717) is 24.0 Å². The van der Waals surface area contributed by atoms with E-state index in [0.717, 1.165) is 38.8 Å². The largest absolute Gasteiger partial charge is 0.379 e. The van der Waals surface area contributed by atoms with Crippen LogP contribution in [0, 0.1) is 5.92 Å². The summed E-state index contributed by atoms with van der Waals surface area (Å²) in [4.78, 5) is 11.0. The number of hydrogen-bond acceptors (Lipinski definition) is 5. The van der Waals surface area contributed by atoms with Gasteiger partial charge in [0.05, 0.1) is 13.2 Å². The third kappa shape index (κ3) is 6.78. The van der Waals surface area contributed by atoms with Crippen molar-refractivity contribution in [3.05, 3.63) is 22.4 Å². The van der Waals surface area contributed by atoms with Crippen LogP contribution < -0.4 is 10.6 Å². The number of guanidine groups is 1. The summed E-state index contributed by atoms with van der Waals surface area (Å²) in [5, 5.41) is 9.32. The molecule has 3 heterocycles. The Hall–Kier alpha value is -0.420. The molecule has 0 radical (unpaired) electrons. The molecule has 166 valence electrons. The maximum Gasteiger partial charge on any atom is 0.191 e. The van der Waals surface area contributed by atoms with Gasteiger partial charge in [0.25, 0.3) is 0 Å². The highest BCUT2D eigenvalue weighted by molar-refractivity contribution is 14.0. The van der Waals surface area contributed by atoms with E-state index >= 15 is 0 Å². The third-order valence-corrected chi connectivity index (χ3v) is 7.09. The second kappa shape index (κ2) is 12.4. The van der Waals surface area contributed by atoms with Crippen molar-refractivity contribution in [2.75, 3.05) is 53.5 Å². The Kier molecular flexibility index (Phi) is 10.7. The number of aliphatic imine (C=N–C) groups is 1. The maximum absolute atomic E-state index is 5.56. The van der Waals surface area contributed by atoms with E-state index in [4.69, 9.17) is 4.74 Å². The Bertz CT molecular complexity index is 614. The quantitative estimate of drug-likeness (QED) is 0.333. The van der Waals surface area contributed by atoms with Gasteiger partial charge in [-0.1, -0.05) is 6.07 Å². The van der Waals surface area contributed by atoms with E-state index in [9.17, 15) is 0 Å². The first-order valence-electron chi connectivity index (χ1n) is 10.6. The van der Waals surface area contributed by atoms with Gasteiger partial charge in [-0.3, -0.25) is 14.8 Å². The molecule has 2 aliphatic heterocycles. The molecule has 1 aromatic rings. The van der Waals surface area contributed by atoms with Crippen LogP contribution in [0.3, 0.4) is 0 Å². The first-order valence-corrected chi connectivity index (χ1v) is 11.5. The average Bonchev–Trinajstić information content (AvgIpc) is 3.22.